The first-order valence-electron chi connectivity index (χ1n) is 5.54. The van der Waals surface area contributed by atoms with Crippen LogP contribution < -0.4 is 5.32 Å². The Morgan fingerprint density at radius 2 is 2.13 bits per heavy atom. The van der Waals surface area contributed by atoms with Gasteiger partial charge in [-0.05, 0) is 32.4 Å². The number of piperidine rings is 1. The summed E-state index contributed by atoms with van der Waals surface area (Å²) in [6, 6.07) is 0.0559. The predicted molar refractivity (Wildman–Crippen MR) is 53.8 cm³/mol. The fourth-order valence-electron chi connectivity index (χ4n) is 2.05. The van der Waals surface area contributed by atoms with Gasteiger partial charge in [0, 0.05) is 12.6 Å². The largest absolute Gasteiger partial charge is 0.401 e. The van der Waals surface area contributed by atoms with E-state index in [4.69, 9.17) is 0 Å². The first kappa shape index (κ1) is 12.8. The normalized spacial score (nSPS) is 23.4. The molecular weight excluding hydrogens is 205 g/mol. The molecule has 0 spiro atoms. The van der Waals surface area contributed by atoms with Crippen LogP contribution in [-0.4, -0.2) is 43.3 Å². The van der Waals surface area contributed by atoms with Crippen LogP contribution in [0.15, 0.2) is 0 Å². The van der Waals surface area contributed by atoms with Gasteiger partial charge in [-0.25, -0.2) is 0 Å². The Labute approximate surface area is 88.8 Å². The number of alkyl halides is 3. The van der Waals surface area contributed by atoms with Crippen LogP contribution in [0.4, 0.5) is 13.2 Å². The lowest BCUT2D eigenvalue weighted by atomic mass is 10.1. The maximum Gasteiger partial charge on any atom is 0.401 e. The second kappa shape index (κ2) is 5.70. The molecule has 0 aromatic rings. The Balaban J connectivity index is 2.47. The molecule has 1 N–H and O–H groups in total. The van der Waals surface area contributed by atoms with Gasteiger partial charge in [0.15, 0.2) is 0 Å². The minimum Gasteiger partial charge on any atom is -0.315 e. The van der Waals surface area contributed by atoms with E-state index in [1.807, 2.05) is 6.92 Å². The van der Waals surface area contributed by atoms with Crippen molar-refractivity contribution in [2.24, 2.45) is 0 Å². The summed E-state index contributed by atoms with van der Waals surface area (Å²) in [6.45, 7) is 3.30. The molecule has 1 fully saturated rings. The molecule has 1 atom stereocenters. The first-order valence-corrected chi connectivity index (χ1v) is 5.54. The molecule has 0 aromatic carbocycles. The van der Waals surface area contributed by atoms with Crippen LogP contribution in [-0.2, 0) is 0 Å². The minimum atomic E-state index is -4.08. The number of hydrogen-bond donors (Lipinski definition) is 1. The SMILES string of the molecule is CCCN(CC(F)(F)F)C1CCCNC1. The summed E-state index contributed by atoms with van der Waals surface area (Å²) in [5.41, 5.74) is 0. The van der Waals surface area contributed by atoms with Crippen molar-refractivity contribution in [2.75, 3.05) is 26.2 Å². The molecule has 0 saturated carbocycles. The van der Waals surface area contributed by atoms with Crippen molar-refractivity contribution in [3.05, 3.63) is 0 Å². The molecule has 1 aliphatic heterocycles. The van der Waals surface area contributed by atoms with E-state index in [0.29, 0.717) is 13.1 Å². The maximum atomic E-state index is 12.3. The second-order valence-corrected chi connectivity index (χ2v) is 4.09. The monoisotopic (exact) mass is 224 g/mol. The molecule has 1 unspecified atom stereocenters. The Bertz CT molecular complexity index is 176. The second-order valence-electron chi connectivity index (χ2n) is 4.09. The van der Waals surface area contributed by atoms with Gasteiger partial charge in [0.2, 0.25) is 0 Å². The molecule has 1 heterocycles. The van der Waals surface area contributed by atoms with Crippen molar-refractivity contribution in [3.63, 3.8) is 0 Å². The molecule has 1 rings (SSSR count). The van der Waals surface area contributed by atoms with Gasteiger partial charge in [-0.15, -0.1) is 0 Å². The summed E-state index contributed by atoms with van der Waals surface area (Å²) in [7, 11) is 0. The van der Waals surface area contributed by atoms with Crippen molar-refractivity contribution in [3.8, 4) is 0 Å². The Morgan fingerprint density at radius 3 is 2.60 bits per heavy atom. The molecule has 15 heavy (non-hydrogen) atoms. The molecular formula is C10H19F3N2. The molecule has 0 aromatic heterocycles. The third-order valence-corrected chi connectivity index (χ3v) is 2.68. The van der Waals surface area contributed by atoms with Crippen LogP contribution in [0, 0.1) is 0 Å². The van der Waals surface area contributed by atoms with Gasteiger partial charge in [0.1, 0.15) is 0 Å². The van der Waals surface area contributed by atoms with Crippen molar-refractivity contribution < 1.29 is 13.2 Å². The van der Waals surface area contributed by atoms with Gasteiger partial charge in [0.25, 0.3) is 0 Å². The molecule has 90 valence electrons. The maximum absolute atomic E-state index is 12.3. The van der Waals surface area contributed by atoms with E-state index in [1.165, 1.54) is 0 Å². The van der Waals surface area contributed by atoms with E-state index in [9.17, 15) is 13.2 Å². The molecule has 1 saturated heterocycles. The van der Waals surface area contributed by atoms with Crippen molar-refractivity contribution >= 4 is 0 Å². The van der Waals surface area contributed by atoms with Gasteiger partial charge >= 0.3 is 6.18 Å². The summed E-state index contributed by atoms with van der Waals surface area (Å²) in [5, 5.41) is 3.15. The van der Waals surface area contributed by atoms with Crippen molar-refractivity contribution in [1.29, 1.82) is 0 Å². The fraction of sp³-hybridized carbons (Fsp3) is 1.00. The van der Waals surface area contributed by atoms with Crippen LogP contribution in [0.1, 0.15) is 26.2 Å². The predicted octanol–water partition coefficient (Wildman–Crippen LogP) is 2.01. The molecule has 0 amide bonds. The van der Waals surface area contributed by atoms with Gasteiger partial charge in [0.05, 0.1) is 6.54 Å². The van der Waals surface area contributed by atoms with Crippen LogP contribution in [0.2, 0.25) is 0 Å². The zero-order valence-electron chi connectivity index (χ0n) is 9.11. The molecule has 0 bridgehead atoms. The average molecular weight is 224 g/mol. The van der Waals surface area contributed by atoms with Gasteiger partial charge in [-0.2, -0.15) is 13.2 Å². The molecule has 0 radical (unpaired) electrons. The summed E-state index contributed by atoms with van der Waals surface area (Å²) in [6.07, 6.45) is -1.45. The quantitative estimate of drug-likeness (QED) is 0.786. The Kier molecular flexibility index (Phi) is 4.86. The summed E-state index contributed by atoms with van der Waals surface area (Å²) in [5.74, 6) is 0. The van der Waals surface area contributed by atoms with Gasteiger partial charge < -0.3 is 5.32 Å². The summed E-state index contributed by atoms with van der Waals surface area (Å²) in [4.78, 5) is 1.56. The number of halogens is 3. The highest BCUT2D eigenvalue weighted by Gasteiger charge is 2.33. The zero-order valence-corrected chi connectivity index (χ0v) is 9.11. The average Bonchev–Trinajstić information content (AvgIpc) is 2.17. The number of rotatable bonds is 4. The molecule has 5 heteroatoms. The third kappa shape index (κ3) is 4.84. The van der Waals surface area contributed by atoms with E-state index in [2.05, 4.69) is 5.32 Å². The van der Waals surface area contributed by atoms with Gasteiger partial charge in [-0.1, -0.05) is 6.92 Å². The van der Waals surface area contributed by atoms with E-state index in [-0.39, 0.29) is 6.04 Å². The number of nitrogens with one attached hydrogen (secondary N) is 1. The molecule has 1 aliphatic rings. The first-order chi connectivity index (χ1) is 7.03. The van der Waals surface area contributed by atoms with Gasteiger partial charge in [-0.3, -0.25) is 4.90 Å². The van der Waals surface area contributed by atoms with E-state index in [1.54, 1.807) is 4.90 Å². The standard InChI is InChI=1S/C10H19F3N2/c1-2-6-15(8-10(11,12)13)9-4-3-5-14-7-9/h9,14H,2-8H2,1H3. The Morgan fingerprint density at radius 1 is 1.40 bits per heavy atom. The van der Waals surface area contributed by atoms with Crippen LogP contribution in [0.3, 0.4) is 0 Å². The van der Waals surface area contributed by atoms with Crippen LogP contribution in [0.25, 0.3) is 0 Å². The number of hydrogen-bond acceptors (Lipinski definition) is 2. The van der Waals surface area contributed by atoms with Crippen molar-refractivity contribution in [1.82, 2.24) is 10.2 Å². The minimum absolute atomic E-state index is 0.0559. The summed E-state index contributed by atoms with van der Waals surface area (Å²) < 4.78 is 37.0. The summed E-state index contributed by atoms with van der Waals surface area (Å²) >= 11 is 0. The Hall–Kier alpha value is -0.290. The highest BCUT2D eigenvalue weighted by atomic mass is 19.4. The highest BCUT2D eigenvalue weighted by molar-refractivity contribution is 4.79. The third-order valence-electron chi connectivity index (χ3n) is 2.68. The van der Waals surface area contributed by atoms with Crippen molar-refractivity contribution in [2.45, 2.75) is 38.4 Å². The zero-order chi connectivity index (χ0) is 11.3. The fourth-order valence-corrected chi connectivity index (χ4v) is 2.05. The van der Waals surface area contributed by atoms with Crippen LogP contribution in [0.5, 0.6) is 0 Å². The van der Waals surface area contributed by atoms with E-state index < -0.39 is 12.7 Å². The topological polar surface area (TPSA) is 15.3 Å². The lowest BCUT2D eigenvalue weighted by Crippen LogP contribution is -2.49. The lowest BCUT2D eigenvalue weighted by molar-refractivity contribution is -0.151. The lowest BCUT2D eigenvalue weighted by Gasteiger charge is -2.34. The smallest absolute Gasteiger partial charge is 0.315 e. The van der Waals surface area contributed by atoms with E-state index >= 15 is 0 Å². The highest BCUT2D eigenvalue weighted by Crippen LogP contribution is 2.20. The van der Waals surface area contributed by atoms with E-state index in [0.717, 1.165) is 25.8 Å². The molecule has 2 nitrogen and oxygen atoms in total. The number of nitrogens with zero attached hydrogens (tertiary/aromatic N) is 1. The molecule has 0 aliphatic carbocycles. The van der Waals surface area contributed by atoms with Crippen LogP contribution >= 0.6 is 0 Å².